The van der Waals surface area contributed by atoms with Crippen LogP contribution in [0.5, 0.6) is 0 Å². The van der Waals surface area contributed by atoms with Gasteiger partial charge in [-0.1, -0.05) is 32.8 Å². The number of likely N-dealkylation sites (tertiary alicyclic amines) is 1. The largest absolute Gasteiger partial charge is 0.339 e. The highest BCUT2D eigenvalue weighted by Gasteiger charge is 2.20. The van der Waals surface area contributed by atoms with Crippen molar-refractivity contribution in [1.82, 2.24) is 9.62 Å². The predicted octanol–water partition coefficient (Wildman–Crippen LogP) is 2.64. The summed E-state index contributed by atoms with van der Waals surface area (Å²) >= 11 is 0. The molecule has 1 saturated heterocycles. The van der Waals surface area contributed by atoms with Crippen LogP contribution in [0.4, 0.5) is 0 Å². The van der Waals surface area contributed by atoms with E-state index in [-0.39, 0.29) is 16.7 Å². The van der Waals surface area contributed by atoms with Crippen LogP contribution in [0, 0.1) is 5.92 Å². The number of sulfonamides is 1. The molecule has 2 rings (SSSR count). The van der Waals surface area contributed by atoms with Crippen LogP contribution in [-0.4, -0.2) is 38.9 Å². The zero-order valence-corrected chi connectivity index (χ0v) is 14.7. The minimum atomic E-state index is -3.57. The minimum Gasteiger partial charge on any atom is -0.339 e. The lowest BCUT2D eigenvalue weighted by atomic mass is 10.2. The van der Waals surface area contributed by atoms with Crippen LogP contribution in [-0.2, 0) is 10.0 Å². The molecule has 0 aromatic heterocycles. The molecule has 1 aromatic rings. The molecule has 1 fully saturated rings. The van der Waals surface area contributed by atoms with E-state index in [9.17, 15) is 13.2 Å². The lowest BCUT2D eigenvalue weighted by Crippen LogP contribution is -2.32. The number of benzene rings is 1. The summed E-state index contributed by atoms with van der Waals surface area (Å²) in [5, 5.41) is 0. The van der Waals surface area contributed by atoms with Gasteiger partial charge in [0.25, 0.3) is 5.91 Å². The molecule has 23 heavy (non-hydrogen) atoms. The Kier molecular flexibility index (Phi) is 6.18. The monoisotopic (exact) mass is 338 g/mol. The van der Waals surface area contributed by atoms with E-state index in [2.05, 4.69) is 4.72 Å². The van der Waals surface area contributed by atoms with Gasteiger partial charge in [0.1, 0.15) is 0 Å². The third-order valence-electron chi connectivity index (χ3n) is 3.97. The molecule has 0 spiro atoms. The van der Waals surface area contributed by atoms with Gasteiger partial charge in [-0.15, -0.1) is 0 Å². The summed E-state index contributed by atoms with van der Waals surface area (Å²) in [4.78, 5) is 14.6. The number of hydrogen-bond acceptors (Lipinski definition) is 3. The number of nitrogens with one attached hydrogen (secondary N) is 1. The summed E-state index contributed by atoms with van der Waals surface area (Å²) in [5.41, 5.74) is 0.444. The average molecular weight is 338 g/mol. The van der Waals surface area contributed by atoms with Gasteiger partial charge in [-0.2, -0.15) is 0 Å². The summed E-state index contributed by atoms with van der Waals surface area (Å²) in [6.45, 7) is 5.78. The first kappa shape index (κ1) is 17.9. The summed E-state index contributed by atoms with van der Waals surface area (Å²) < 4.78 is 27.2. The summed E-state index contributed by atoms with van der Waals surface area (Å²) in [5.74, 6) is 0.152. The number of carbonyl (C=O) groups is 1. The lowest BCUT2D eigenvalue weighted by molar-refractivity contribution is 0.0761. The van der Waals surface area contributed by atoms with E-state index in [1.54, 1.807) is 12.1 Å². The Balaban J connectivity index is 2.17. The van der Waals surface area contributed by atoms with Crippen molar-refractivity contribution in [3.63, 3.8) is 0 Å². The number of carbonyl (C=O) groups excluding carboxylic acids is 1. The van der Waals surface area contributed by atoms with E-state index >= 15 is 0 Å². The van der Waals surface area contributed by atoms with Crippen molar-refractivity contribution in [3.05, 3.63) is 29.8 Å². The molecule has 0 saturated carbocycles. The Labute approximate surface area is 139 Å². The molecule has 1 aliphatic rings. The van der Waals surface area contributed by atoms with Crippen LogP contribution in [0.25, 0.3) is 0 Å². The van der Waals surface area contributed by atoms with Crippen LogP contribution in [0.3, 0.4) is 0 Å². The summed E-state index contributed by atoms with van der Waals surface area (Å²) in [6, 6.07) is 6.33. The van der Waals surface area contributed by atoms with E-state index < -0.39 is 10.0 Å². The Morgan fingerprint density at radius 1 is 1.17 bits per heavy atom. The molecule has 128 valence electrons. The fraction of sp³-hybridized carbons (Fsp3) is 0.588. The molecule has 0 unspecified atom stereocenters. The second-order valence-electron chi connectivity index (χ2n) is 6.48. The van der Waals surface area contributed by atoms with Crippen molar-refractivity contribution in [2.24, 2.45) is 5.92 Å². The number of rotatable bonds is 5. The van der Waals surface area contributed by atoms with Crippen molar-refractivity contribution in [1.29, 1.82) is 0 Å². The Bertz CT molecular complexity index is 633. The Hall–Kier alpha value is -1.40. The van der Waals surface area contributed by atoms with Gasteiger partial charge in [0.15, 0.2) is 0 Å². The second kappa shape index (κ2) is 7.93. The molecule has 0 radical (unpaired) electrons. The highest BCUT2D eigenvalue weighted by atomic mass is 32.2. The summed E-state index contributed by atoms with van der Waals surface area (Å²) in [7, 11) is -3.57. The highest BCUT2D eigenvalue weighted by Crippen LogP contribution is 2.16. The first-order chi connectivity index (χ1) is 10.9. The average Bonchev–Trinajstić information content (AvgIpc) is 2.82. The van der Waals surface area contributed by atoms with Crippen LogP contribution in [0.2, 0.25) is 0 Å². The van der Waals surface area contributed by atoms with E-state index in [1.807, 2.05) is 18.7 Å². The molecular weight excluding hydrogens is 312 g/mol. The normalized spacial score (nSPS) is 16.4. The van der Waals surface area contributed by atoms with Crippen molar-refractivity contribution in [2.45, 2.75) is 44.4 Å². The molecule has 0 atom stereocenters. The quantitative estimate of drug-likeness (QED) is 0.897. The van der Waals surface area contributed by atoms with Gasteiger partial charge < -0.3 is 4.90 Å². The molecule has 0 aliphatic carbocycles. The third-order valence-corrected chi connectivity index (χ3v) is 5.39. The first-order valence-corrected chi connectivity index (χ1v) is 9.77. The maximum atomic E-state index is 12.6. The van der Waals surface area contributed by atoms with Gasteiger partial charge in [-0.05, 0) is 37.0 Å². The molecule has 1 aliphatic heterocycles. The minimum absolute atomic E-state index is 0.0761. The van der Waals surface area contributed by atoms with Crippen LogP contribution in [0.15, 0.2) is 29.2 Å². The Morgan fingerprint density at radius 3 is 2.43 bits per heavy atom. The standard InChI is InChI=1S/C17H26N2O3S/c1-14(2)13-18-23(21,22)16-9-7-8-15(12-16)17(20)19-10-5-3-4-6-11-19/h7-9,12,14,18H,3-6,10-11,13H2,1-2H3. The first-order valence-electron chi connectivity index (χ1n) is 8.29. The molecule has 1 N–H and O–H groups in total. The van der Waals surface area contributed by atoms with E-state index in [4.69, 9.17) is 0 Å². The SMILES string of the molecule is CC(C)CNS(=O)(=O)c1cccc(C(=O)N2CCCCCC2)c1. The fourth-order valence-corrected chi connectivity index (χ4v) is 3.87. The molecule has 1 aromatic carbocycles. The van der Waals surface area contributed by atoms with E-state index in [0.717, 1.165) is 38.8 Å². The molecule has 5 nitrogen and oxygen atoms in total. The zero-order valence-electron chi connectivity index (χ0n) is 13.9. The zero-order chi connectivity index (χ0) is 16.9. The molecule has 1 heterocycles. The van der Waals surface area contributed by atoms with Crippen LogP contribution >= 0.6 is 0 Å². The van der Waals surface area contributed by atoms with Gasteiger partial charge in [-0.25, -0.2) is 13.1 Å². The van der Waals surface area contributed by atoms with Gasteiger partial charge in [0.05, 0.1) is 4.90 Å². The lowest BCUT2D eigenvalue weighted by Gasteiger charge is -2.20. The molecule has 0 bridgehead atoms. The number of nitrogens with zero attached hydrogens (tertiary/aromatic N) is 1. The second-order valence-corrected chi connectivity index (χ2v) is 8.25. The van der Waals surface area contributed by atoms with Crippen LogP contribution < -0.4 is 4.72 Å². The van der Waals surface area contributed by atoms with Gasteiger partial charge in [0, 0.05) is 25.2 Å². The van der Waals surface area contributed by atoms with Crippen LogP contribution in [0.1, 0.15) is 49.9 Å². The van der Waals surface area contributed by atoms with E-state index in [1.165, 1.54) is 12.1 Å². The topological polar surface area (TPSA) is 66.5 Å². The predicted molar refractivity (Wildman–Crippen MR) is 90.8 cm³/mol. The third kappa shape index (κ3) is 5.04. The molecule has 6 heteroatoms. The van der Waals surface area contributed by atoms with Crippen molar-refractivity contribution in [2.75, 3.05) is 19.6 Å². The van der Waals surface area contributed by atoms with Crippen molar-refractivity contribution >= 4 is 15.9 Å². The smallest absolute Gasteiger partial charge is 0.253 e. The maximum absolute atomic E-state index is 12.6. The van der Waals surface area contributed by atoms with Crippen molar-refractivity contribution in [3.8, 4) is 0 Å². The van der Waals surface area contributed by atoms with Gasteiger partial charge in [0.2, 0.25) is 10.0 Å². The van der Waals surface area contributed by atoms with Gasteiger partial charge >= 0.3 is 0 Å². The summed E-state index contributed by atoms with van der Waals surface area (Å²) in [6.07, 6.45) is 4.33. The maximum Gasteiger partial charge on any atom is 0.253 e. The molecule has 1 amide bonds. The van der Waals surface area contributed by atoms with Gasteiger partial charge in [-0.3, -0.25) is 4.79 Å². The van der Waals surface area contributed by atoms with E-state index in [0.29, 0.717) is 12.1 Å². The number of hydrogen-bond donors (Lipinski definition) is 1. The Morgan fingerprint density at radius 2 is 1.83 bits per heavy atom. The highest BCUT2D eigenvalue weighted by molar-refractivity contribution is 7.89. The number of amides is 1. The fourth-order valence-electron chi connectivity index (χ4n) is 2.61. The van der Waals surface area contributed by atoms with Crippen molar-refractivity contribution < 1.29 is 13.2 Å². The molecular formula is C17H26N2O3S.